The fourth-order valence-electron chi connectivity index (χ4n) is 1.10. The van der Waals surface area contributed by atoms with Gasteiger partial charge in [0.1, 0.15) is 0 Å². The second kappa shape index (κ2) is 8.58. The first kappa shape index (κ1) is 11.5. The lowest BCUT2D eigenvalue weighted by molar-refractivity contribution is 0.638. The molecule has 0 aromatic heterocycles. The van der Waals surface area contributed by atoms with E-state index in [4.69, 9.17) is 0 Å². The Morgan fingerprint density at radius 2 is 2.00 bits per heavy atom. The molecule has 0 fully saturated rings. The molecule has 1 aliphatic rings. The van der Waals surface area contributed by atoms with E-state index < -0.39 is 0 Å². The Kier molecular flexibility index (Phi) is 8.20. The molecule has 0 radical (unpaired) electrons. The van der Waals surface area contributed by atoms with Crippen molar-refractivity contribution >= 4 is 0 Å². The molecule has 0 aromatic carbocycles. The average molecular weight is 166 g/mol. The zero-order chi connectivity index (χ0) is 9.23. The molecular weight excluding hydrogens is 144 g/mol. The first-order valence-corrected chi connectivity index (χ1v) is 5.07. The topological polar surface area (TPSA) is 0 Å². The normalized spacial score (nSPS) is 15.5. The van der Waals surface area contributed by atoms with Gasteiger partial charge >= 0.3 is 0 Å². The van der Waals surface area contributed by atoms with Gasteiger partial charge in [-0.2, -0.15) is 0 Å². The zero-order valence-corrected chi connectivity index (χ0v) is 8.55. The average Bonchev–Trinajstić information content (AvgIpc) is 2.53. The van der Waals surface area contributed by atoms with Gasteiger partial charge in [-0.15, -0.1) is 6.58 Å². The molecule has 0 saturated heterocycles. The molecule has 0 nitrogen and oxygen atoms in total. The van der Waals surface area contributed by atoms with E-state index in [9.17, 15) is 0 Å². The lowest BCUT2D eigenvalue weighted by Crippen LogP contribution is -1.79. The summed E-state index contributed by atoms with van der Waals surface area (Å²) in [6.07, 6.45) is 12.8. The Morgan fingerprint density at radius 3 is 2.17 bits per heavy atom. The summed E-state index contributed by atoms with van der Waals surface area (Å²) in [5, 5.41) is 0. The monoisotopic (exact) mass is 166 g/mol. The molecule has 12 heavy (non-hydrogen) atoms. The van der Waals surface area contributed by atoms with Gasteiger partial charge in [-0.05, 0) is 25.2 Å². The fraction of sp³-hybridized carbons (Fsp3) is 0.667. The summed E-state index contributed by atoms with van der Waals surface area (Å²) in [6.45, 7) is 8.06. The van der Waals surface area contributed by atoms with E-state index >= 15 is 0 Å². The van der Waals surface area contributed by atoms with Gasteiger partial charge in [-0.3, -0.25) is 0 Å². The second-order valence-corrected chi connectivity index (χ2v) is 3.48. The molecule has 1 rings (SSSR count). The van der Waals surface area contributed by atoms with Crippen LogP contribution in [0.2, 0.25) is 0 Å². The van der Waals surface area contributed by atoms with E-state index in [2.05, 4.69) is 32.6 Å². The van der Waals surface area contributed by atoms with Crippen molar-refractivity contribution in [2.45, 2.75) is 46.0 Å². The zero-order valence-electron chi connectivity index (χ0n) is 8.55. The van der Waals surface area contributed by atoms with Crippen LogP contribution in [0.5, 0.6) is 0 Å². The van der Waals surface area contributed by atoms with Gasteiger partial charge in [0.2, 0.25) is 0 Å². The van der Waals surface area contributed by atoms with E-state index in [0.717, 1.165) is 5.92 Å². The maximum absolute atomic E-state index is 3.60. The molecule has 70 valence electrons. The summed E-state index contributed by atoms with van der Waals surface area (Å²) >= 11 is 0. The van der Waals surface area contributed by atoms with Crippen molar-refractivity contribution in [2.24, 2.45) is 5.92 Å². The molecule has 0 amide bonds. The molecule has 0 saturated carbocycles. The Morgan fingerprint density at radius 1 is 1.42 bits per heavy atom. The molecule has 0 aliphatic heterocycles. The van der Waals surface area contributed by atoms with Crippen molar-refractivity contribution in [3.63, 3.8) is 0 Å². The van der Waals surface area contributed by atoms with Gasteiger partial charge in [0.25, 0.3) is 0 Å². The van der Waals surface area contributed by atoms with E-state index in [0.29, 0.717) is 0 Å². The summed E-state index contributed by atoms with van der Waals surface area (Å²) in [5.41, 5.74) is 0. The van der Waals surface area contributed by atoms with Crippen LogP contribution in [-0.4, -0.2) is 0 Å². The third-order valence-electron chi connectivity index (χ3n) is 2.01. The molecule has 0 aromatic rings. The molecule has 1 aliphatic carbocycles. The lowest BCUT2D eigenvalue weighted by atomic mass is 10.1. The lowest BCUT2D eigenvalue weighted by Gasteiger charge is -1.92. The number of allylic oxidation sites excluding steroid dienone is 3. The maximum atomic E-state index is 3.60. The smallest absolute Gasteiger partial charge is 0.0322 e. The Labute approximate surface area is 77.4 Å². The predicted molar refractivity (Wildman–Crippen MR) is 57.3 cm³/mol. The summed E-state index contributed by atoms with van der Waals surface area (Å²) in [7, 11) is 0. The first-order chi connectivity index (χ1) is 5.81. The predicted octanol–water partition coefficient (Wildman–Crippen LogP) is 4.34. The quantitative estimate of drug-likeness (QED) is 0.432. The van der Waals surface area contributed by atoms with Crippen molar-refractivity contribution in [3.8, 4) is 0 Å². The van der Waals surface area contributed by atoms with Crippen molar-refractivity contribution in [3.05, 3.63) is 24.8 Å². The minimum Gasteiger partial charge on any atom is -0.103 e. The van der Waals surface area contributed by atoms with Crippen LogP contribution in [0.1, 0.15) is 46.0 Å². The molecule has 0 heteroatoms. The van der Waals surface area contributed by atoms with E-state index in [1.54, 1.807) is 0 Å². The summed E-state index contributed by atoms with van der Waals surface area (Å²) in [5.74, 6) is 0.935. The van der Waals surface area contributed by atoms with Gasteiger partial charge in [0.05, 0.1) is 0 Å². The second-order valence-electron chi connectivity index (χ2n) is 3.48. The molecule has 0 bridgehead atoms. The molecule has 0 spiro atoms. The number of hydrogen-bond acceptors (Lipinski definition) is 0. The van der Waals surface area contributed by atoms with Gasteiger partial charge in [0.15, 0.2) is 0 Å². The van der Waals surface area contributed by atoms with E-state index in [1.165, 1.54) is 32.1 Å². The van der Waals surface area contributed by atoms with Crippen LogP contribution < -0.4 is 0 Å². The fourth-order valence-corrected chi connectivity index (χ4v) is 1.10. The van der Waals surface area contributed by atoms with Gasteiger partial charge in [-0.25, -0.2) is 0 Å². The van der Waals surface area contributed by atoms with Gasteiger partial charge in [-0.1, -0.05) is 44.9 Å². The van der Waals surface area contributed by atoms with Crippen LogP contribution in [-0.2, 0) is 0 Å². The van der Waals surface area contributed by atoms with Crippen LogP contribution in [0, 0.1) is 5.92 Å². The van der Waals surface area contributed by atoms with Crippen molar-refractivity contribution in [2.75, 3.05) is 0 Å². The Balaban J connectivity index is 0.000000202. The maximum Gasteiger partial charge on any atom is -0.0322 e. The van der Waals surface area contributed by atoms with Crippen molar-refractivity contribution < 1.29 is 0 Å². The highest BCUT2D eigenvalue weighted by atomic mass is 14.1. The van der Waals surface area contributed by atoms with Crippen molar-refractivity contribution in [1.82, 2.24) is 0 Å². The highest BCUT2D eigenvalue weighted by Gasteiger charge is 1.99. The molecule has 0 unspecified atom stereocenters. The highest BCUT2D eigenvalue weighted by Crippen LogP contribution is 2.15. The SMILES string of the molecule is C=CCCCC.CC1CC=CC1. The third kappa shape index (κ3) is 7.59. The van der Waals surface area contributed by atoms with Crippen LogP contribution in [0.4, 0.5) is 0 Å². The minimum atomic E-state index is 0.935. The van der Waals surface area contributed by atoms with Gasteiger partial charge in [0, 0.05) is 0 Å². The first-order valence-electron chi connectivity index (χ1n) is 5.07. The molecule has 0 atom stereocenters. The Hall–Kier alpha value is -0.520. The molecule has 0 N–H and O–H groups in total. The van der Waals surface area contributed by atoms with Gasteiger partial charge < -0.3 is 0 Å². The largest absolute Gasteiger partial charge is 0.103 e. The number of rotatable bonds is 3. The summed E-state index contributed by atoms with van der Waals surface area (Å²) in [4.78, 5) is 0. The minimum absolute atomic E-state index is 0.935. The molecular formula is C12H22. The van der Waals surface area contributed by atoms with Crippen LogP contribution in [0.15, 0.2) is 24.8 Å². The van der Waals surface area contributed by atoms with Crippen LogP contribution >= 0.6 is 0 Å². The summed E-state index contributed by atoms with van der Waals surface area (Å²) < 4.78 is 0. The summed E-state index contributed by atoms with van der Waals surface area (Å²) in [6, 6.07) is 0. The Bertz CT molecular complexity index is 114. The number of hydrogen-bond donors (Lipinski definition) is 0. The van der Waals surface area contributed by atoms with E-state index in [1.807, 2.05) is 6.08 Å². The van der Waals surface area contributed by atoms with E-state index in [-0.39, 0.29) is 0 Å². The van der Waals surface area contributed by atoms with Crippen LogP contribution in [0.25, 0.3) is 0 Å². The number of unbranched alkanes of at least 4 members (excludes halogenated alkanes) is 2. The standard InChI is InChI=1S/C6H10.C6H12/c1-6-4-2-3-5-6;1-3-5-6-4-2/h2-3,6H,4-5H2,1H3;3H,1,4-6H2,2H3. The van der Waals surface area contributed by atoms with Crippen molar-refractivity contribution in [1.29, 1.82) is 0 Å². The molecule has 0 heterocycles. The van der Waals surface area contributed by atoms with Crippen LogP contribution in [0.3, 0.4) is 0 Å². The third-order valence-corrected chi connectivity index (χ3v) is 2.01. The highest BCUT2D eigenvalue weighted by molar-refractivity contribution is 4.92.